The average Bonchev–Trinajstić information content (AvgIpc) is 4.05. The molecule has 296 valence electrons. The number of nitrogens with zero attached hydrogens (tertiary/aromatic N) is 2. The molecule has 3 saturated carbocycles. The minimum absolute atomic E-state index is 0.0691. The lowest BCUT2D eigenvalue weighted by Crippen LogP contribution is -2.58. The van der Waals surface area contributed by atoms with Crippen LogP contribution in [0.15, 0.2) is 42.5 Å². The number of para-hydroxylation sites is 1. The van der Waals surface area contributed by atoms with Crippen LogP contribution in [0.2, 0.25) is 0 Å². The highest BCUT2D eigenvalue weighted by Gasteiger charge is 2.62. The summed E-state index contributed by atoms with van der Waals surface area (Å²) >= 11 is 0. The maximum atomic E-state index is 14.7. The lowest BCUT2D eigenvalue weighted by molar-refractivity contribution is -0.141. The molecule has 0 unspecified atom stereocenters. The quantitative estimate of drug-likeness (QED) is 0.364. The fourth-order valence-corrected chi connectivity index (χ4v) is 10.5. The first-order valence-corrected chi connectivity index (χ1v) is 22.0. The number of carbonyl (C=O) groups excluding carboxylic acids is 4. The molecule has 13 nitrogen and oxygen atoms in total. The smallest absolute Gasteiger partial charge is 0.408 e. The number of nitrogens with one attached hydrogen (secondary N) is 3. The molecule has 6 aliphatic rings. The SMILES string of the molecule is O=C1N[C@H]2CCCCC/C=C\[C@H]3C[C@@]3(C(=O)NS(=O)(=O)C3CC3)NC(=O)[C@@H]3C[C@H](CN3C2=O)Oc2cc3ccccc3nc2CCCCC[C@@H]2CCC[C@H]2O1. The molecular weight excluding hydrogens is 723 g/mol. The molecule has 0 spiro atoms. The molecule has 3 aliphatic heterocycles. The number of allylic oxidation sites excluding steroid dienone is 1. The maximum Gasteiger partial charge on any atom is 0.408 e. The molecule has 7 atom stereocenters. The molecule has 4 amide bonds. The number of fused-ring (bicyclic) bond motifs is 6. The summed E-state index contributed by atoms with van der Waals surface area (Å²) in [6.07, 6.45) is 14.5. The Kier molecular flexibility index (Phi) is 10.8. The van der Waals surface area contributed by atoms with Crippen LogP contribution in [0.25, 0.3) is 10.9 Å². The van der Waals surface area contributed by atoms with Gasteiger partial charge in [-0.3, -0.25) is 19.1 Å². The van der Waals surface area contributed by atoms with E-state index in [9.17, 15) is 27.6 Å². The van der Waals surface area contributed by atoms with E-state index in [0.29, 0.717) is 37.9 Å². The van der Waals surface area contributed by atoms with Crippen LogP contribution >= 0.6 is 0 Å². The number of sulfonamides is 1. The molecule has 8 rings (SSSR count). The van der Waals surface area contributed by atoms with E-state index in [0.717, 1.165) is 80.8 Å². The van der Waals surface area contributed by atoms with Crippen LogP contribution in [-0.2, 0) is 35.6 Å². The van der Waals surface area contributed by atoms with Crippen molar-refractivity contribution in [3.05, 3.63) is 48.2 Å². The number of amides is 4. The average molecular weight is 776 g/mol. The van der Waals surface area contributed by atoms with E-state index < -0.39 is 68.7 Å². The highest BCUT2D eigenvalue weighted by atomic mass is 32.2. The number of carbonyl (C=O) groups is 4. The third-order valence-corrected chi connectivity index (χ3v) is 14.3. The van der Waals surface area contributed by atoms with Gasteiger partial charge in [-0.05, 0) is 95.1 Å². The summed E-state index contributed by atoms with van der Waals surface area (Å²) < 4.78 is 40.7. The van der Waals surface area contributed by atoms with Crippen molar-refractivity contribution >= 4 is 44.7 Å². The van der Waals surface area contributed by atoms with Crippen molar-refractivity contribution in [3.63, 3.8) is 0 Å². The van der Waals surface area contributed by atoms with Gasteiger partial charge in [0.25, 0.3) is 5.91 Å². The Bertz CT molecular complexity index is 1950. The number of rotatable bonds is 3. The van der Waals surface area contributed by atoms with E-state index in [1.165, 1.54) is 4.90 Å². The first-order valence-electron chi connectivity index (χ1n) is 20.5. The monoisotopic (exact) mass is 775 g/mol. The van der Waals surface area contributed by atoms with Gasteiger partial charge in [0.2, 0.25) is 21.8 Å². The van der Waals surface area contributed by atoms with Gasteiger partial charge in [-0.2, -0.15) is 0 Å². The number of aryl methyl sites for hydroxylation is 1. The number of hydrogen-bond acceptors (Lipinski definition) is 9. The number of aromatic nitrogens is 1. The Morgan fingerprint density at radius 2 is 1.73 bits per heavy atom. The van der Waals surface area contributed by atoms with Gasteiger partial charge in [0.1, 0.15) is 35.6 Å². The number of benzene rings is 1. The molecule has 1 aromatic heterocycles. The van der Waals surface area contributed by atoms with Crippen LogP contribution in [0.1, 0.15) is 108 Å². The fraction of sp³-hybridized carbons (Fsp3) is 0.634. The van der Waals surface area contributed by atoms with Gasteiger partial charge < -0.3 is 25.0 Å². The van der Waals surface area contributed by atoms with Crippen molar-refractivity contribution in [3.8, 4) is 5.75 Å². The van der Waals surface area contributed by atoms with Crippen molar-refractivity contribution < 1.29 is 37.1 Å². The van der Waals surface area contributed by atoms with Crippen molar-refractivity contribution in [2.45, 2.75) is 144 Å². The summed E-state index contributed by atoms with van der Waals surface area (Å²) in [6.45, 7) is 0.0691. The summed E-state index contributed by atoms with van der Waals surface area (Å²) in [5.74, 6) is -1.26. The Morgan fingerprint density at radius 1 is 0.927 bits per heavy atom. The lowest BCUT2D eigenvalue weighted by atomic mass is 9.97. The molecule has 4 heterocycles. The van der Waals surface area contributed by atoms with E-state index in [4.69, 9.17) is 14.5 Å². The van der Waals surface area contributed by atoms with Gasteiger partial charge in [0, 0.05) is 17.7 Å². The van der Waals surface area contributed by atoms with Gasteiger partial charge in [-0.15, -0.1) is 0 Å². The van der Waals surface area contributed by atoms with Crippen LogP contribution in [0, 0.1) is 11.8 Å². The van der Waals surface area contributed by atoms with E-state index >= 15 is 0 Å². The topological polar surface area (TPSA) is 173 Å². The first-order chi connectivity index (χ1) is 26.6. The molecule has 14 heteroatoms. The van der Waals surface area contributed by atoms with Crippen LogP contribution in [0.3, 0.4) is 0 Å². The van der Waals surface area contributed by atoms with Crippen LogP contribution < -0.4 is 20.1 Å². The maximum absolute atomic E-state index is 14.7. The van der Waals surface area contributed by atoms with Gasteiger partial charge in [0.15, 0.2) is 0 Å². The normalized spacial score (nSPS) is 32.8. The molecule has 2 aromatic rings. The number of pyridine rings is 1. The van der Waals surface area contributed by atoms with Crippen LogP contribution in [-0.4, -0.2) is 83.7 Å². The predicted molar refractivity (Wildman–Crippen MR) is 204 cm³/mol. The molecular formula is C41H53N5O8S. The molecule has 4 fully saturated rings. The molecule has 1 aromatic carbocycles. The van der Waals surface area contributed by atoms with Crippen molar-refractivity contribution in [1.29, 1.82) is 0 Å². The van der Waals surface area contributed by atoms with E-state index in [1.54, 1.807) is 0 Å². The van der Waals surface area contributed by atoms with Crippen LogP contribution in [0.5, 0.6) is 5.75 Å². The second-order valence-corrected chi connectivity index (χ2v) is 18.5. The minimum atomic E-state index is -3.87. The zero-order valence-corrected chi connectivity index (χ0v) is 32.2. The second kappa shape index (κ2) is 15.7. The summed E-state index contributed by atoms with van der Waals surface area (Å²) in [5, 5.41) is 6.15. The standard InChI is InChI=1S/C41H53N5O8S/c47-37-34-23-29-25-46(34)38(48)33(18-7-3-1-2-6-15-28-24-41(28,44-37)39(49)45-55(51,52)30-20-21-30)43-40(50)54-35-19-11-14-26(35)12-5-4-8-17-32-36(53-29)22-27-13-9-10-16-31(27)42-32/h6,9-10,13,15-16,22,26,28-30,33-35H,1-5,7-8,11-12,14,17-21,23-25H2,(H,43,50)(H,44,47)(H,45,49)/b15-6-/t26-,28+,29-,33+,34+,35-,41-/m1/s1. The molecule has 3 N–H and O–H groups in total. The Labute approximate surface area is 322 Å². The largest absolute Gasteiger partial charge is 0.487 e. The molecule has 0 radical (unpaired) electrons. The third kappa shape index (κ3) is 8.34. The van der Waals surface area contributed by atoms with Crippen molar-refractivity contribution in [1.82, 2.24) is 25.2 Å². The van der Waals surface area contributed by atoms with Gasteiger partial charge >= 0.3 is 6.09 Å². The van der Waals surface area contributed by atoms with Gasteiger partial charge in [0.05, 0.1) is 23.0 Å². The Hall–Kier alpha value is -4.20. The molecule has 1 saturated heterocycles. The lowest BCUT2D eigenvalue weighted by Gasteiger charge is -2.30. The molecule has 3 bridgehead atoms. The molecule has 55 heavy (non-hydrogen) atoms. The fourth-order valence-electron chi connectivity index (χ4n) is 9.12. The summed E-state index contributed by atoms with van der Waals surface area (Å²) in [7, 11) is -3.87. The molecule has 3 aliphatic carbocycles. The summed E-state index contributed by atoms with van der Waals surface area (Å²) in [6, 6.07) is 7.87. The second-order valence-electron chi connectivity index (χ2n) is 16.6. The minimum Gasteiger partial charge on any atom is -0.487 e. The Morgan fingerprint density at radius 3 is 2.58 bits per heavy atom. The first kappa shape index (κ1) is 37.7. The van der Waals surface area contributed by atoms with Crippen LogP contribution in [0.4, 0.5) is 4.79 Å². The predicted octanol–water partition coefficient (Wildman–Crippen LogP) is 4.97. The third-order valence-electron chi connectivity index (χ3n) is 12.5. The summed E-state index contributed by atoms with van der Waals surface area (Å²) in [5.41, 5.74) is 0.225. The highest BCUT2D eigenvalue weighted by Crippen LogP contribution is 2.46. The van der Waals surface area contributed by atoms with E-state index in [-0.39, 0.29) is 31.4 Å². The summed E-state index contributed by atoms with van der Waals surface area (Å²) in [4.78, 5) is 62.9. The van der Waals surface area contributed by atoms with E-state index in [2.05, 4.69) is 15.4 Å². The number of hydrogen-bond donors (Lipinski definition) is 3. The number of alkyl carbamates (subject to hydrolysis) is 1. The zero-order valence-electron chi connectivity index (χ0n) is 31.4. The van der Waals surface area contributed by atoms with E-state index in [1.807, 2.05) is 42.5 Å². The highest BCUT2D eigenvalue weighted by molar-refractivity contribution is 7.91. The van der Waals surface area contributed by atoms with Gasteiger partial charge in [-0.1, -0.05) is 56.0 Å². The zero-order chi connectivity index (χ0) is 38.2. The number of ether oxygens (including phenoxy) is 2. The van der Waals surface area contributed by atoms with Crippen molar-refractivity contribution in [2.24, 2.45) is 11.8 Å². The van der Waals surface area contributed by atoms with Gasteiger partial charge in [-0.25, -0.2) is 18.2 Å². The Balaban J connectivity index is 1.13. The van der Waals surface area contributed by atoms with Crippen molar-refractivity contribution in [2.75, 3.05) is 6.54 Å².